The van der Waals surface area contributed by atoms with Crippen molar-refractivity contribution < 1.29 is 9.84 Å². The van der Waals surface area contributed by atoms with Crippen molar-refractivity contribution in [3.8, 4) is 0 Å². The Morgan fingerprint density at radius 2 is 2.00 bits per heavy atom. The topological polar surface area (TPSA) is 32.7 Å². The molecular formula is C14H27NO2. The SMILES string of the molecule is CN(CCOCC1CC1)C1CCC(C)(C)C1O. The van der Waals surface area contributed by atoms with Crippen molar-refractivity contribution in [2.75, 3.05) is 26.8 Å². The van der Waals surface area contributed by atoms with E-state index in [9.17, 15) is 5.11 Å². The third kappa shape index (κ3) is 3.43. The lowest BCUT2D eigenvalue weighted by atomic mass is 9.89. The summed E-state index contributed by atoms with van der Waals surface area (Å²) in [5.74, 6) is 0.844. The van der Waals surface area contributed by atoms with Gasteiger partial charge in [0.05, 0.1) is 12.7 Å². The zero-order valence-corrected chi connectivity index (χ0v) is 11.5. The fourth-order valence-corrected chi connectivity index (χ4v) is 2.72. The molecule has 0 radical (unpaired) electrons. The Kier molecular flexibility index (Phi) is 4.11. The van der Waals surface area contributed by atoms with Crippen molar-refractivity contribution in [3.05, 3.63) is 0 Å². The van der Waals surface area contributed by atoms with Crippen LogP contribution in [0.4, 0.5) is 0 Å². The lowest BCUT2D eigenvalue weighted by molar-refractivity contribution is 0.0120. The Balaban J connectivity index is 1.66. The van der Waals surface area contributed by atoms with E-state index in [1.807, 2.05) is 0 Å². The van der Waals surface area contributed by atoms with Gasteiger partial charge in [-0.15, -0.1) is 0 Å². The molecule has 2 rings (SSSR count). The molecule has 0 heterocycles. The van der Waals surface area contributed by atoms with Crippen LogP contribution in [0.1, 0.15) is 39.5 Å². The van der Waals surface area contributed by atoms with E-state index in [0.717, 1.165) is 38.5 Å². The predicted molar refractivity (Wildman–Crippen MR) is 69.0 cm³/mol. The summed E-state index contributed by atoms with van der Waals surface area (Å²) >= 11 is 0. The Morgan fingerprint density at radius 1 is 1.29 bits per heavy atom. The van der Waals surface area contributed by atoms with Crippen LogP contribution in [0.3, 0.4) is 0 Å². The Hall–Kier alpha value is -0.120. The van der Waals surface area contributed by atoms with Gasteiger partial charge in [0.2, 0.25) is 0 Å². The number of aliphatic hydroxyl groups is 1. The van der Waals surface area contributed by atoms with Gasteiger partial charge >= 0.3 is 0 Å². The predicted octanol–water partition coefficient (Wildman–Crippen LogP) is 1.89. The molecule has 2 aliphatic rings. The van der Waals surface area contributed by atoms with E-state index in [2.05, 4.69) is 25.8 Å². The van der Waals surface area contributed by atoms with Gasteiger partial charge in [-0.1, -0.05) is 13.8 Å². The van der Waals surface area contributed by atoms with Crippen LogP contribution in [0.5, 0.6) is 0 Å². The molecule has 0 aromatic carbocycles. The van der Waals surface area contributed by atoms with Crippen molar-refractivity contribution >= 4 is 0 Å². The van der Waals surface area contributed by atoms with E-state index in [1.165, 1.54) is 12.8 Å². The summed E-state index contributed by atoms with van der Waals surface area (Å²) in [5, 5.41) is 10.3. The summed E-state index contributed by atoms with van der Waals surface area (Å²) < 4.78 is 5.65. The molecule has 0 aliphatic heterocycles. The van der Waals surface area contributed by atoms with Gasteiger partial charge in [0.15, 0.2) is 0 Å². The minimum absolute atomic E-state index is 0.0772. The number of aliphatic hydroxyl groups excluding tert-OH is 1. The molecule has 17 heavy (non-hydrogen) atoms. The molecule has 0 saturated heterocycles. The van der Waals surface area contributed by atoms with Crippen LogP contribution in [0.25, 0.3) is 0 Å². The maximum atomic E-state index is 10.3. The number of hydrogen-bond donors (Lipinski definition) is 1. The largest absolute Gasteiger partial charge is 0.391 e. The summed E-state index contributed by atoms with van der Waals surface area (Å²) in [6.07, 6.45) is 4.73. The van der Waals surface area contributed by atoms with Crippen molar-refractivity contribution in [2.24, 2.45) is 11.3 Å². The molecule has 3 heteroatoms. The van der Waals surface area contributed by atoms with Crippen LogP contribution in [0.2, 0.25) is 0 Å². The summed E-state index contributed by atoms with van der Waals surface area (Å²) in [4.78, 5) is 2.27. The number of ether oxygens (including phenoxy) is 1. The van der Waals surface area contributed by atoms with Crippen molar-refractivity contribution in [1.82, 2.24) is 4.90 Å². The van der Waals surface area contributed by atoms with E-state index in [1.54, 1.807) is 0 Å². The zero-order chi connectivity index (χ0) is 12.5. The monoisotopic (exact) mass is 241 g/mol. The molecule has 0 aromatic heterocycles. The van der Waals surface area contributed by atoms with Gasteiger partial charge < -0.3 is 9.84 Å². The molecule has 100 valence electrons. The standard InChI is InChI=1S/C14H27NO2/c1-14(2)7-6-12(13(14)16)15(3)8-9-17-10-11-4-5-11/h11-13,16H,4-10H2,1-3H3. The Bertz CT molecular complexity index is 251. The molecule has 0 spiro atoms. The average molecular weight is 241 g/mol. The first-order chi connectivity index (χ1) is 8.00. The van der Waals surface area contributed by atoms with Crippen molar-refractivity contribution in [1.29, 1.82) is 0 Å². The van der Waals surface area contributed by atoms with Crippen LogP contribution in [0.15, 0.2) is 0 Å². The first-order valence-corrected chi connectivity index (χ1v) is 6.97. The molecule has 2 saturated carbocycles. The second-order valence-electron chi connectivity index (χ2n) is 6.54. The highest BCUT2D eigenvalue weighted by molar-refractivity contribution is 4.95. The molecule has 2 aliphatic carbocycles. The van der Waals surface area contributed by atoms with Crippen LogP contribution in [-0.4, -0.2) is 49.0 Å². The highest BCUT2D eigenvalue weighted by Crippen LogP contribution is 2.39. The van der Waals surface area contributed by atoms with Gasteiger partial charge in [-0.3, -0.25) is 4.90 Å². The van der Waals surface area contributed by atoms with E-state index in [0.29, 0.717) is 6.04 Å². The molecule has 0 aromatic rings. The molecular weight excluding hydrogens is 214 g/mol. The number of nitrogens with zero attached hydrogens (tertiary/aromatic N) is 1. The van der Waals surface area contributed by atoms with Crippen molar-refractivity contribution in [2.45, 2.75) is 51.7 Å². The Labute approximate surface area is 105 Å². The summed E-state index contributed by atoms with van der Waals surface area (Å²) in [5.41, 5.74) is 0.0772. The smallest absolute Gasteiger partial charge is 0.0746 e. The number of likely N-dealkylation sites (N-methyl/N-ethyl adjacent to an activating group) is 1. The van der Waals surface area contributed by atoms with Gasteiger partial charge in [0.1, 0.15) is 0 Å². The van der Waals surface area contributed by atoms with Gasteiger partial charge in [0.25, 0.3) is 0 Å². The quantitative estimate of drug-likeness (QED) is 0.721. The zero-order valence-electron chi connectivity index (χ0n) is 11.5. The maximum Gasteiger partial charge on any atom is 0.0746 e. The molecule has 0 amide bonds. The molecule has 1 N–H and O–H groups in total. The number of rotatable bonds is 6. The summed E-state index contributed by atoms with van der Waals surface area (Å²) in [6, 6.07) is 0.314. The van der Waals surface area contributed by atoms with Crippen LogP contribution in [-0.2, 0) is 4.74 Å². The molecule has 3 nitrogen and oxygen atoms in total. The lowest BCUT2D eigenvalue weighted by Gasteiger charge is -2.31. The second-order valence-corrected chi connectivity index (χ2v) is 6.54. The molecule has 0 bridgehead atoms. The van der Waals surface area contributed by atoms with Gasteiger partial charge in [-0.2, -0.15) is 0 Å². The van der Waals surface area contributed by atoms with E-state index < -0.39 is 0 Å². The molecule has 2 fully saturated rings. The van der Waals surface area contributed by atoms with Crippen LogP contribution < -0.4 is 0 Å². The van der Waals surface area contributed by atoms with Crippen LogP contribution >= 0.6 is 0 Å². The molecule has 2 unspecified atom stereocenters. The van der Waals surface area contributed by atoms with Crippen molar-refractivity contribution in [3.63, 3.8) is 0 Å². The van der Waals surface area contributed by atoms with E-state index in [4.69, 9.17) is 4.74 Å². The third-order valence-corrected chi connectivity index (χ3v) is 4.45. The van der Waals surface area contributed by atoms with E-state index in [-0.39, 0.29) is 11.5 Å². The normalized spacial score (nSPS) is 32.3. The minimum Gasteiger partial charge on any atom is -0.391 e. The second kappa shape index (κ2) is 5.25. The maximum absolute atomic E-state index is 10.3. The summed E-state index contributed by atoms with van der Waals surface area (Å²) in [7, 11) is 2.11. The fraction of sp³-hybridized carbons (Fsp3) is 1.00. The summed E-state index contributed by atoms with van der Waals surface area (Å²) in [6.45, 7) is 7.00. The first kappa shape index (κ1) is 13.3. The fourth-order valence-electron chi connectivity index (χ4n) is 2.72. The minimum atomic E-state index is -0.198. The van der Waals surface area contributed by atoms with Gasteiger partial charge in [0, 0.05) is 19.2 Å². The van der Waals surface area contributed by atoms with E-state index >= 15 is 0 Å². The third-order valence-electron chi connectivity index (χ3n) is 4.45. The van der Waals surface area contributed by atoms with Gasteiger partial charge in [-0.25, -0.2) is 0 Å². The first-order valence-electron chi connectivity index (χ1n) is 6.97. The average Bonchev–Trinajstić information content (AvgIpc) is 3.03. The number of hydrogen-bond acceptors (Lipinski definition) is 3. The van der Waals surface area contributed by atoms with Crippen LogP contribution in [0, 0.1) is 11.3 Å². The Morgan fingerprint density at radius 3 is 2.53 bits per heavy atom. The highest BCUT2D eigenvalue weighted by atomic mass is 16.5. The lowest BCUT2D eigenvalue weighted by Crippen LogP contribution is -2.43. The molecule has 2 atom stereocenters. The highest BCUT2D eigenvalue weighted by Gasteiger charge is 2.42. The van der Waals surface area contributed by atoms with Gasteiger partial charge in [-0.05, 0) is 44.1 Å².